The summed E-state index contributed by atoms with van der Waals surface area (Å²) >= 11 is 1.61. The SMILES string of the molecule is CCSc1cccc(N(CC)C2CCCCC2)c1C(=O)O. The molecule has 0 radical (unpaired) electrons. The molecule has 1 aromatic rings. The van der Waals surface area contributed by atoms with Crippen molar-refractivity contribution in [2.45, 2.75) is 56.9 Å². The number of carboxylic acids is 1. The van der Waals surface area contributed by atoms with E-state index in [0.29, 0.717) is 11.6 Å². The molecule has 1 aliphatic carbocycles. The summed E-state index contributed by atoms with van der Waals surface area (Å²) in [6.45, 7) is 5.05. The molecule has 0 spiro atoms. The minimum Gasteiger partial charge on any atom is -0.478 e. The predicted molar refractivity (Wildman–Crippen MR) is 89.7 cm³/mol. The van der Waals surface area contributed by atoms with E-state index < -0.39 is 5.97 Å². The lowest BCUT2D eigenvalue weighted by molar-refractivity contribution is 0.0693. The van der Waals surface area contributed by atoms with Crippen LogP contribution in [0.2, 0.25) is 0 Å². The van der Waals surface area contributed by atoms with E-state index >= 15 is 0 Å². The zero-order valence-corrected chi connectivity index (χ0v) is 13.8. The number of carboxylic acid groups (broad SMARTS) is 1. The molecule has 0 aliphatic heterocycles. The van der Waals surface area contributed by atoms with Crippen molar-refractivity contribution in [1.29, 1.82) is 0 Å². The molecule has 0 unspecified atom stereocenters. The second-order valence-electron chi connectivity index (χ2n) is 5.47. The van der Waals surface area contributed by atoms with Crippen LogP contribution < -0.4 is 4.90 Å². The second kappa shape index (κ2) is 7.74. The van der Waals surface area contributed by atoms with Gasteiger partial charge in [-0.2, -0.15) is 0 Å². The van der Waals surface area contributed by atoms with Gasteiger partial charge in [0.15, 0.2) is 0 Å². The summed E-state index contributed by atoms with van der Waals surface area (Å²) in [5, 5.41) is 9.68. The van der Waals surface area contributed by atoms with Crippen LogP contribution in [-0.2, 0) is 0 Å². The van der Waals surface area contributed by atoms with Crippen LogP contribution in [0.5, 0.6) is 0 Å². The van der Waals surface area contributed by atoms with E-state index in [9.17, 15) is 9.90 Å². The fourth-order valence-corrected chi connectivity index (χ4v) is 4.09. The van der Waals surface area contributed by atoms with Crippen molar-refractivity contribution in [2.75, 3.05) is 17.2 Å². The number of hydrogen-bond donors (Lipinski definition) is 1. The number of nitrogens with zero attached hydrogens (tertiary/aromatic N) is 1. The Morgan fingerprint density at radius 3 is 2.57 bits per heavy atom. The minimum atomic E-state index is -0.809. The van der Waals surface area contributed by atoms with E-state index in [-0.39, 0.29) is 0 Å². The maximum absolute atomic E-state index is 11.8. The third kappa shape index (κ3) is 3.73. The van der Waals surface area contributed by atoms with E-state index in [4.69, 9.17) is 0 Å². The average molecular weight is 307 g/mol. The molecule has 0 atom stereocenters. The Bertz CT molecular complexity index is 484. The summed E-state index contributed by atoms with van der Waals surface area (Å²) < 4.78 is 0. The van der Waals surface area contributed by atoms with Crippen LogP contribution in [0.3, 0.4) is 0 Å². The largest absolute Gasteiger partial charge is 0.478 e. The van der Waals surface area contributed by atoms with Gasteiger partial charge in [-0.25, -0.2) is 4.79 Å². The average Bonchev–Trinajstić information content (AvgIpc) is 2.49. The number of benzene rings is 1. The lowest BCUT2D eigenvalue weighted by atomic mass is 9.93. The first-order valence-electron chi connectivity index (χ1n) is 7.94. The summed E-state index contributed by atoms with van der Waals surface area (Å²) in [5.74, 6) is 0.0787. The van der Waals surface area contributed by atoms with Gasteiger partial charge >= 0.3 is 5.97 Å². The summed E-state index contributed by atoms with van der Waals surface area (Å²) in [6, 6.07) is 6.38. The zero-order chi connectivity index (χ0) is 15.2. The number of carbonyl (C=O) groups is 1. The molecule has 0 amide bonds. The standard InChI is InChI=1S/C17H25NO2S/c1-3-18(13-9-6-5-7-10-13)14-11-8-12-15(21-4-2)16(14)17(19)20/h8,11-13H,3-7,9-10H2,1-2H3,(H,19,20). The van der Waals surface area contributed by atoms with Crippen LogP contribution in [-0.4, -0.2) is 29.4 Å². The number of rotatable bonds is 6. The predicted octanol–water partition coefficient (Wildman–Crippen LogP) is 4.66. The van der Waals surface area contributed by atoms with Gasteiger partial charge in [-0.1, -0.05) is 32.3 Å². The van der Waals surface area contributed by atoms with Gasteiger partial charge in [-0.05, 0) is 37.7 Å². The van der Waals surface area contributed by atoms with Crippen molar-refractivity contribution < 1.29 is 9.90 Å². The van der Waals surface area contributed by atoms with Crippen molar-refractivity contribution in [3.05, 3.63) is 23.8 Å². The molecular formula is C17H25NO2S. The fraction of sp³-hybridized carbons (Fsp3) is 0.588. The highest BCUT2D eigenvalue weighted by molar-refractivity contribution is 7.99. The first-order chi connectivity index (χ1) is 10.2. The lowest BCUT2D eigenvalue weighted by Gasteiger charge is -2.36. The molecule has 1 saturated carbocycles. The van der Waals surface area contributed by atoms with E-state index in [2.05, 4.69) is 18.7 Å². The Morgan fingerprint density at radius 2 is 2.00 bits per heavy atom. The van der Waals surface area contributed by atoms with Crippen LogP contribution in [0.25, 0.3) is 0 Å². The molecule has 2 rings (SSSR count). The van der Waals surface area contributed by atoms with Gasteiger partial charge in [0.05, 0.1) is 11.3 Å². The highest BCUT2D eigenvalue weighted by atomic mass is 32.2. The van der Waals surface area contributed by atoms with Crippen LogP contribution in [0.1, 0.15) is 56.3 Å². The Labute approximate surface area is 131 Å². The van der Waals surface area contributed by atoms with Crippen LogP contribution in [0.4, 0.5) is 5.69 Å². The Morgan fingerprint density at radius 1 is 1.29 bits per heavy atom. The third-order valence-corrected chi connectivity index (χ3v) is 5.12. The summed E-state index contributed by atoms with van der Waals surface area (Å²) in [4.78, 5) is 15.0. The van der Waals surface area contributed by atoms with Gasteiger partial charge in [-0.3, -0.25) is 0 Å². The Balaban J connectivity index is 2.39. The van der Waals surface area contributed by atoms with Gasteiger partial charge in [0.1, 0.15) is 0 Å². The molecule has 0 aromatic heterocycles. The molecule has 0 heterocycles. The first kappa shape index (κ1) is 16.2. The second-order valence-corrected chi connectivity index (χ2v) is 6.77. The molecule has 0 saturated heterocycles. The van der Waals surface area contributed by atoms with Crippen molar-refractivity contribution in [3.63, 3.8) is 0 Å². The van der Waals surface area contributed by atoms with Crippen LogP contribution in [0, 0.1) is 0 Å². The van der Waals surface area contributed by atoms with Gasteiger partial charge in [-0.15, -0.1) is 11.8 Å². The third-order valence-electron chi connectivity index (χ3n) is 4.18. The quantitative estimate of drug-likeness (QED) is 0.776. The molecule has 3 nitrogen and oxygen atoms in total. The molecule has 0 bridgehead atoms. The molecule has 1 aromatic carbocycles. The van der Waals surface area contributed by atoms with Crippen molar-refractivity contribution in [1.82, 2.24) is 0 Å². The molecule has 1 fully saturated rings. The summed E-state index contributed by atoms with van der Waals surface area (Å²) in [7, 11) is 0. The van der Waals surface area contributed by atoms with Crippen LogP contribution in [0.15, 0.2) is 23.1 Å². The van der Waals surface area contributed by atoms with E-state index in [1.54, 1.807) is 11.8 Å². The maximum atomic E-state index is 11.8. The van der Waals surface area contributed by atoms with Gasteiger partial charge in [0, 0.05) is 17.5 Å². The Hall–Kier alpha value is -1.16. The van der Waals surface area contributed by atoms with Gasteiger partial charge in [0.25, 0.3) is 0 Å². The smallest absolute Gasteiger partial charge is 0.338 e. The minimum absolute atomic E-state index is 0.483. The molecule has 1 N–H and O–H groups in total. The lowest BCUT2D eigenvalue weighted by Crippen LogP contribution is -2.37. The van der Waals surface area contributed by atoms with E-state index in [0.717, 1.165) is 22.9 Å². The zero-order valence-electron chi connectivity index (χ0n) is 13.0. The Kier molecular flexibility index (Phi) is 5.97. The van der Waals surface area contributed by atoms with E-state index in [1.807, 2.05) is 18.2 Å². The summed E-state index contributed by atoms with van der Waals surface area (Å²) in [6.07, 6.45) is 6.18. The molecule has 4 heteroatoms. The topological polar surface area (TPSA) is 40.5 Å². The molecule has 116 valence electrons. The number of hydrogen-bond acceptors (Lipinski definition) is 3. The van der Waals surface area contributed by atoms with Crippen molar-refractivity contribution in [3.8, 4) is 0 Å². The van der Waals surface area contributed by atoms with Crippen LogP contribution >= 0.6 is 11.8 Å². The fourth-order valence-electron chi connectivity index (χ4n) is 3.27. The maximum Gasteiger partial charge on any atom is 0.338 e. The molecule has 21 heavy (non-hydrogen) atoms. The summed E-state index contributed by atoms with van der Waals surface area (Å²) in [5.41, 5.74) is 1.38. The number of thioether (sulfide) groups is 1. The van der Waals surface area contributed by atoms with Crippen molar-refractivity contribution >= 4 is 23.4 Å². The van der Waals surface area contributed by atoms with E-state index in [1.165, 1.54) is 32.1 Å². The normalized spacial score (nSPS) is 15.9. The highest BCUT2D eigenvalue weighted by Crippen LogP contribution is 2.34. The first-order valence-corrected chi connectivity index (χ1v) is 8.93. The highest BCUT2D eigenvalue weighted by Gasteiger charge is 2.25. The van der Waals surface area contributed by atoms with Gasteiger partial charge in [0.2, 0.25) is 0 Å². The number of aromatic carboxylic acids is 1. The molecule has 1 aliphatic rings. The van der Waals surface area contributed by atoms with Gasteiger partial charge < -0.3 is 10.0 Å². The monoisotopic (exact) mass is 307 g/mol. The number of anilines is 1. The van der Waals surface area contributed by atoms with Crippen molar-refractivity contribution in [2.24, 2.45) is 0 Å². The molecular weight excluding hydrogens is 282 g/mol.